The molecular formula is C7H9F2N3O2. The molecule has 0 saturated heterocycles. The van der Waals surface area contributed by atoms with Crippen LogP contribution < -0.4 is 11.3 Å². The smallest absolute Gasteiger partial charge is 0.259 e. The third-order valence-electron chi connectivity index (χ3n) is 1.62. The van der Waals surface area contributed by atoms with E-state index in [-0.39, 0.29) is 17.9 Å². The molecule has 0 atom stereocenters. The van der Waals surface area contributed by atoms with E-state index in [4.69, 9.17) is 10.8 Å². The van der Waals surface area contributed by atoms with Crippen LogP contribution in [0.2, 0.25) is 0 Å². The van der Waals surface area contributed by atoms with Gasteiger partial charge in [-0.2, -0.15) is 4.98 Å². The molecule has 78 valence electrons. The number of anilines is 1. The van der Waals surface area contributed by atoms with Crippen molar-refractivity contribution in [3.63, 3.8) is 0 Å². The van der Waals surface area contributed by atoms with Gasteiger partial charge < -0.3 is 10.8 Å². The van der Waals surface area contributed by atoms with Gasteiger partial charge in [-0.3, -0.25) is 9.78 Å². The summed E-state index contributed by atoms with van der Waals surface area (Å²) in [6.07, 6.45) is -3.25. The summed E-state index contributed by atoms with van der Waals surface area (Å²) in [5.41, 5.74) is 4.26. The highest BCUT2D eigenvalue weighted by molar-refractivity contribution is 5.28. The zero-order chi connectivity index (χ0) is 10.7. The zero-order valence-electron chi connectivity index (χ0n) is 7.13. The largest absolute Gasteiger partial charge is 0.493 e. The van der Waals surface area contributed by atoms with Gasteiger partial charge in [0, 0.05) is 6.42 Å². The standard InChI is InChI=1S/C7H9F2N3O2/c8-4(9)2-1-3-5(13)11-7(10)12-6(3)14/h4H,1-2H2,(H4,10,11,12,13,14). The van der Waals surface area contributed by atoms with Gasteiger partial charge in [0.2, 0.25) is 18.3 Å². The normalized spacial score (nSPS) is 10.8. The van der Waals surface area contributed by atoms with Crippen LogP contribution in [-0.2, 0) is 6.42 Å². The fraction of sp³-hybridized carbons (Fsp3) is 0.429. The molecule has 5 nitrogen and oxygen atoms in total. The Balaban J connectivity index is 2.92. The first-order valence-corrected chi connectivity index (χ1v) is 3.86. The number of alkyl halides is 2. The van der Waals surface area contributed by atoms with Crippen molar-refractivity contribution in [2.75, 3.05) is 5.73 Å². The van der Waals surface area contributed by atoms with Crippen LogP contribution in [-0.4, -0.2) is 21.5 Å². The van der Waals surface area contributed by atoms with E-state index in [1.165, 1.54) is 0 Å². The molecule has 1 rings (SSSR count). The van der Waals surface area contributed by atoms with Crippen molar-refractivity contribution in [3.05, 3.63) is 15.9 Å². The Morgan fingerprint density at radius 2 is 2.21 bits per heavy atom. The molecule has 1 aromatic heterocycles. The second kappa shape index (κ2) is 4.03. The Bertz CT molecular complexity index is 378. The van der Waals surface area contributed by atoms with Crippen LogP contribution in [0.4, 0.5) is 14.7 Å². The number of nitrogens with zero attached hydrogens (tertiary/aromatic N) is 1. The highest BCUT2D eigenvalue weighted by Crippen LogP contribution is 2.13. The minimum atomic E-state index is -2.52. The number of hydrogen-bond acceptors (Lipinski definition) is 4. The number of nitrogen functional groups attached to an aromatic ring is 1. The van der Waals surface area contributed by atoms with Crippen molar-refractivity contribution in [1.29, 1.82) is 0 Å². The fourth-order valence-electron chi connectivity index (χ4n) is 0.982. The van der Waals surface area contributed by atoms with E-state index < -0.39 is 24.3 Å². The predicted octanol–water partition coefficient (Wildman–Crippen LogP) is 0.255. The minimum Gasteiger partial charge on any atom is -0.493 e. The molecule has 0 amide bonds. The van der Waals surface area contributed by atoms with Crippen molar-refractivity contribution >= 4 is 5.95 Å². The maximum atomic E-state index is 11.8. The lowest BCUT2D eigenvalue weighted by molar-refractivity contribution is 0.137. The lowest BCUT2D eigenvalue weighted by atomic mass is 10.2. The summed E-state index contributed by atoms with van der Waals surface area (Å²) in [6.45, 7) is 0. The Morgan fingerprint density at radius 3 is 2.71 bits per heavy atom. The molecule has 7 heteroatoms. The first-order valence-electron chi connectivity index (χ1n) is 3.86. The van der Waals surface area contributed by atoms with Crippen LogP contribution in [0.25, 0.3) is 0 Å². The third-order valence-corrected chi connectivity index (χ3v) is 1.62. The molecule has 0 spiro atoms. The molecule has 0 aromatic carbocycles. The molecule has 0 radical (unpaired) electrons. The minimum absolute atomic E-state index is 0.167. The number of H-pyrrole nitrogens is 1. The van der Waals surface area contributed by atoms with Gasteiger partial charge in [0.15, 0.2) is 0 Å². The zero-order valence-corrected chi connectivity index (χ0v) is 7.13. The first-order chi connectivity index (χ1) is 6.50. The van der Waals surface area contributed by atoms with Crippen molar-refractivity contribution in [1.82, 2.24) is 9.97 Å². The Labute approximate surface area is 77.6 Å². The molecule has 1 heterocycles. The van der Waals surface area contributed by atoms with Crippen LogP contribution in [0, 0.1) is 0 Å². The summed E-state index contributed by atoms with van der Waals surface area (Å²) in [5.74, 6) is -0.833. The maximum Gasteiger partial charge on any atom is 0.259 e. The number of aromatic hydroxyl groups is 1. The summed E-state index contributed by atoms with van der Waals surface area (Å²) in [7, 11) is 0. The van der Waals surface area contributed by atoms with Gasteiger partial charge in [0.25, 0.3) is 5.56 Å². The number of aromatic amines is 1. The van der Waals surface area contributed by atoms with E-state index >= 15 is 0 Å². The number of halogens is 2. The number of nitrogens with two attached hydrogens (primary N) is 1. The van der Waals surface area contributed by atoms with Crippen molar-refractivity contribution in [2.45, 2.75) is 19.3 Å². The Kier molecular flexibility index (Phi) is 3.00. The molecule has 4 N–H and O–H groups in total. The highest BCUT2D eigenvalue weighted by Gasteiger charge is 2.12. The molecular weight excluding hydrogens is 196 g/mol. The molecule has 0 aliphatic carbocycles. The lowest BCUT2D eigenvalue weighted by Gasteiger charge is -2.02. The van der Waals surface area contributed by atoms with Gasteiger partial charge in [0.05, 0.1) is 5.56 Å². The van der Waals surface area contributed by atoms with E-state index in [1.54, 1.807) is 0 Å². The highest BCUT2D eigenvalue weighted by atomic mass is 19.3. The molecule has 1 aromatic rings. The van der Waals surface area contributed by atoms with Crippen molar-refractivity contribution in [3.8, 4) is 5.88 Å². The van der Waals surface area contributed by atoms with Crippen molar-refractivity contribution in [2.24, 2.45) is 0 Å². The molecule has 0 unspecified atom stereocenters. The maximum absolute atomic E-state index is 11.8. The average molecular weight is 205 g/mol. The second-order valence-electron chi connectivity index (χ2n) is 2.68. The number of hydrogen-bond donors (Lipinski definition) is 3. The molecule has 0 aliphatic heterocycles. The quantitative estimate of drug-likeness (QED) is 0.659. The van der Waals surface area contributed by atoms with Crippen LogP contribution >= 0.6 is 0 Å². The number of rotatable bonds is 3. The first kappa shape index (κ1) is 10.4. The second-order valence-corrected chi connectivity index (χ2v) is 2.68. The molecule has 14 heavy (non-hydrogen) atoms. The van der Waals surface area contributed by atoms with Gasteiger partial charge in [-0.25, -0.2) is 8.78 Å². The number of nitrogens with one attached hydrogen (secondary N) is 1. The fourth-order valence-corrected chi connectivity index (χ4v) is 0.982. The summed E-state index contributed by atoms with van der Waals surface area (Å²) in [5, 5.41) is 9.13. The SMILES string of the molecule is Nc1nc(O)c(CCC(F)F)c(=O)[nH]1. The Hall–Kier alpha value is -1.66. The summed E-state index contributed by atoms with van der Waals surface area (Å²) >= 11 is 0. The summed E-state index contributed by atoms with van der Waals surface area (Å²) in [6, 6.07) is 0. The average Bonchev–Trinajstić information content (AvgIpc) is 2.01. The van der Waals surface area contributed by atoms with E-state index in [0.29, 0.717) is 0 Å². The molecule has 0 fully saturated rings. The molecule has 0 saturated carbocycles. The van der Waals surface area contributed by atoms with Crippen LogP contribution in [0.5, 0.6) is 5.88 Å². The monoisotopic (exact) mass is 205 g/mol. The number of aromatic nitrogens is 2. The van der Waals surface area contributed by atoms with E-state index in [0.717, 1.165) is 0 Å². The van der Waals surface area contributed by atoms with Crippen LogP contribution in [0.15, 0.2) is 4.79 Å². The van der Waals surface area contributed by atoms with E-state index in [1.807, 2.05) is 0 Å². The van der Waals surface area contributed by atoms with Gasteiger partial charge in [-0.05, 0) is 6.42 Å². The van der Waals surface area contributed by atoms with Gasteiger partial charge >= 0.3 is 0 Å². The topological polar surface area (TPSA) is 92.0 Å². The Morgan fingerprint density at radius 1 is 1.57 bits per heavy atom. The third kappa shape index (κ3) is 2.41. The van der Waals surface area contributed by atoms with E-state index in [2.05, 4.69) is 9.97 Å². The van der Waals surface area contributed by atoms with Crippen molar-refractivity contribution < 1.29 is 13.9 Å². The predicted molar refractivity (Wildman–Crippen MR) is 45.3 cm³/mol. The summed E-state index contributed by atoms with van der Waals surface area (Å²) < 4.78 is 23.6. The summed E-state index contributed by atoms with van der Waals surface area (Å²) in [4.78, 5) is 16.5. The molecule has 0 bridgehead atoms. The van der Waals surface area contributed by atoms with Gasteiger partial charge in [-0.15, -0.1) is 0 Å². The van der Waals surface area contributed by atoms with Crippen LogP contribution in [0.1, 0.15) is 12.0 Å². The van der Waals surface area contributed by atoms with Gasteiger partial charge in [-0.1, -0.05) is 0 Å². The van der Waals surface area contributed by atoms with E-state index in [9.17, 15) is 13.6 Å². The van der Waals surface area contributed by atoms with Gasteiger partial charge in [0.1, 0.15) is 0 Å². The van der Waals surface area contributed by atoms with Crippen LogP contribution in [0.3, 0.4) is 0 Å². The molecule has 0 aliphatic rings. The lowest BCUT2D eigenvalue weighted by Crippen LogP contribution is -2.17.